The molecular weight excluding hydrogens is 290 g/mol. The molecule has 0 bridgehead atoms. The average molecular weight is 311 g/mol. The van der Waals surface area contributed by atoms with Crippen LogP contribution in [0.1, 0.15) is 35.6 Å². The highest BCUT2D eigenvalue weighted by Gasteiger charge is 2.21. The van der Waals surface area contributed by atoms with Crippen LogP contribution < -0.4 is 0 Å². The van der Waals surface area contributed by atoms with Crippen LogP contribution in [0.5, 0.6) is 0 Å². The lowest BCUT2D eigenvalue weighted by atomic mass is 9.93. The van der Waals surface area contributed by atoms with Gasteiger partial charge in [-0.15, -0.1) is 11.3 Å². The van der Waals surface area contributed by atoms with E-state index in [1.54, 1.807) is 17.4 Å². The SMILES string of the molecule is O=C(/C=C\N1CCCCC1)C(c1ccccc1)c1cccs1. The van der Waals surface area contributed by atoms with E-state index in [9.17, 15) is 4.79 Å². The molecule has 22 heavy (non-hydrogen) atoms. The normalized spacial score (nSPS) is 16.8. The third-order valence-electron chi connectivity index (χ3n) is 4.09. The molecule has 1 aliphatic heterocycles. The van der Waals surface area contributed by atoms with Gasteiger partial charge in [-0.05, 0) is 42.3 Å². The van der Waals surface area contributed by atoms with Crippen LogP contribution in [0.15, 0.2) is 60.1 Å². The molecule has 0 radical (unpaired) electrons. The van der Waals surface area contributed by atoms with Crippen LogP contribution in [0.25, 0.3) is 0 Å². The molecule has 0 N–H and O–H groups in total. The van der Waals surface area contributed by atoms with Crippen molar-refractivity contribution in [2.45, 2.75) is 25.2 Å². The molecule has 3 heteroatoms. The van der Waals surface area contributed by atoms with Crippen LogP contribution in [-0.2, 0) is 4.79 Å². The van der Waals surface area contributed by atoms with Crippen molar-refractivity contribution in [2.75, 3.05) is 13.1 Å². The Morgan fingerprint density at radius 3 is 2.50 bits per heavy atom. The summed E-state index contributed by atoms with van der Waals surface area (Å²) in [5.41, 5.74) is 1.07. The molecule has 1 saturated heterocycles. The van der Waals surface area contributed by atoms with Crippen molar-refractivity contribution in [2.24, 2.45) is 0 Å². The summed E-state index contributed by atoms with van der Waals surface area (Å²) >= 11 is 1.65. The maximum absolute atomic E-state index is 12.8. The van der Waals surface area contributed by atoms with E-state index < -0.39 is 0 Å². The maximum Gasteiger partial charge on any atom is 0.169 e. The highest BCUT2D eigenvalue weighted by molar-refractivity contribution is 7.10. The summed E-state index contributed by atoms with van der Waals surface area (Å²) in [5.74, 6) is -0.0125. The standard InChI is InChI=1S/C19H21NOS/c21-17(11-14-20-12-5-2-6-13-20)19(18-10-7-15-22-18)16-8-3-1-4-9-16/h1,3-4,7-11,14-15,19H,2,5-6,12-13H2/b14-11-. The Kier molecular flexibility index (Phi) is 5.07. The number of allylic oxidation sites excluding steroid dienone is 1. The first-order chi connectivity index (χ1) is 10.8. The topological polar surface area (TPSA) is 20.3 Å². The third-order valence-corrected chi connectivity index (χ3v) is 5.02. The van der Waals surface area contributed by atoms with Crippen LogP contribution in [0.2, 0.25) is 0 Å². The molecule has 1 aromatic heterocycles. The lowest BCUT2D eigenvalue weighted by Crippen LogP contribution is -2.24. The maximum atomic E-state index is 12.8. The van der Waals surface area contributed by atoms with E-state index in [4.69, 9.17) is 0 Å². The van der Waals surface area contributed by atoms with Crippen LogP contribution in [-0.4, -0.2) is 23.8 Å². The fraction of sp³-hybridized carbons (Fsp3) is 0.316. The molecule has 2 nitrogen and oxygen atoms in total. The second-order valence-electron chi connectivity index (χ2n) is 5.67. The molecule has 1 unspecified atom stereocenters. The Labute approximate surface area is 136 Å². The fourth-order valence-electron chi connectivity index (χ4n) is 2.91. The lowest BCUT2D eigenvalue weighted by molar-refractivity contribution is -0.115. The van der Waals surface area contributed by atoms with Crippen molar-refractivity contribution in [3.05, 3.63) is 70.6 Å². The minimum Gasteiger partial charge on any atom is -0.377 e. The zero-order valence-corrected chi connectivity index (χ0v) is 13.5. The molecule has 114 valence electrons. The van der Waals surface area contributed by atoms with Crippen molar-refractivity contribution in [1.82, 2.24) is 4.90 Å². The zero-order chi connectivity index (χ0) is 15.2. The van der Waals surface area contributed by atoms with Gasteiger partial charge in [0.1, 0.15) is 0 Å². The van der Waals surface area contributed by atoms with Crippen LogP contribution in [0, 0.1) is 0 Å². The average Bonchev–Trinajstić information content (AvgIpc) is 3.09. The number of ketones is 1. The summed E-state index contributed by atoms with van der Waals surface area (Å²) in [6.45, 7) is 2.14. The van der Waals surface area contributed by atoms with Crippen molar-refractivity contribution >= 4 is 17.1 Å². The van der Waals surface area contributed by atoms with E-state index in [1.807, 2.05) is 48.0 Å². The van der Waals surface area contributed by atoms with Gasteiger partial charge in [-0.2, -0.15) is 0 Å². The van der Waals surface area contributed by atoms with Gasteiger partial charge in [-0.1, -0.05) is 36.4 Å². The second kappa shape index (κ2) is 7.41. The Balaban J connectivity index is 1.80. The van der Waals surface area contributed by atoms with E-state index in [0.29, 0.717) is 0 Å². The second-order valence-corrected chi connectivity index (χ2v) is 6.65. The summed E-state index contributed by atoms with van der Waals surface area (Å²) in [7, 11) is 0. The Hall–Kier alpha value is -1.87. The number of benzene rings is 1. The molecule has 0 amide bonds. The van der Waals surface area contributed by atoms with Gasteiger partial charge in [-0.25, -0.2) is 0 Å². The summed E-state index contributed by atoms with van der Waals surface area (Å²) < 4.78 is 0. The predicted molar refractivity (Wildman–Crippen MR) is 92.2 cm³/mol. The van der Waals surface area contributed by atoms with Gasteiger partial charge in [-0.3, -0.25) is 4.79 Å². The molecular formula is C19H21NOS. The van der Waals surface area contributed by atoms with Gasteiger partial charge in [0.2, 0.25) is 0 Å². The van der Waals surface area contributed by atoms with Crippen LogP contribution in [0.3, 0.4) is 0 Å². The van der Waals surface area contributed by atoms with Gasteiger partial charge in [0.25, 0.3) is 0 Å². The fourth-order valence-corrected chi connectivity index (χ4v) is 3.77. The lowest BCUT2D eigenvalue weighted by Gasteiger charge is -2.24. The molecule has 2 heterocycles. The van der Waals surface area contributed by atoms with E-state index in [1.165, 1.54) is 19.3 Å². The monoisotopic (exact) mass is 311 g/mol. The third kappa shape index (κ3) is 3.66. The van der Waals surface area contributed by atoms with Crippen molar-refractivity contribution in [3.8, 4) is 0 Å². The first kappa shape index (κ1) is 15.0. The van der Waals surface area contributed by atoms with Crippen LogP contribution in [0.4, 0.5) is 0 Å². The largest absolute Gasteiger partial charge is 0.377 e. The minimum absolute atomic E-state index is 0.166. The zero-order valence-electron chi connectivity index (χ0n) is 12.7. The first-order valence-corrected chi connectivity index (χ1v) is 8.77. The molecule has 3 rings (SSSR count). The summed E-state index contributed by atoms with van der Waals surface area (Å²) in [6, 6.07) is 14.1. The van der Waals surface area contributed by atoms with E-state index >= 15 is 0 Å². The molecule has 0 saturated carbocycles. The number of hydrogen-bond acceptors (Lipinski definition) is 3. The first-order valence-electron chi connectivity index (χ1n) is 7.89. The molecule has 1 aliphatic rings. The van der Waals surface area contributed by atoms with E-state index in [2.05, 4.69) is 11.0 Å². The number of piperidine rings is 1. The number of carbonyl (C=O) groups excluding carboxylic acids is 1. The molecule has 2 aromatic rings. The number of carbonyl (C=O) groups is 1. The van der Waals surface area contributed by atoms with Crippen molar-refractivity contribution < 1.29 is 4.79 Å². The number of nitrogens with zero attached hydrogens (tertiary/aromatic N) is 1. The quantitative estimate of drug-likeness (QED) is 0.760. The summed E-state index contributed by atoms with van der Waals surface area (Å²) in [6.07, 6.45) is 7.52. The van der Waals surface area contributed by atoms with Gasteiger partial charge in [0.15, 0.2) is 5.78 Å². The summed E-state index contributed by atoms with van der Waals surface area (Å²) in [5, 5.41) is 2.03. The molecule has 1 atom stereocenters. The van der Waals surface area contributed by atoms with Gasteiger partial charge in [0.05, 0.1) is 5.92 Å². The number of thiophene rings is 1. The van der Waals surface area contributed by atoms with E-state index in [0.717, 1.165) is 23.5 Å². The van der Waals surface area contributed by atoms with E-state index in [-0.39, 0.29) is 11.7 Å². The number of rotatable bonds is 5. The predicted octanol–water partition coefficient (Wildman–Crippen LogP) is 4.45. The Morgan fingerprint density at radius 2 is 1.82 bits per heavy atom. The van der Waals surface area contributed by atoms with Crippen molar-refractivity contribution in [1.29, 1.82) is 0 Å². The van der Waals surface area contributed by atoms with Gasteiger partial charge < -0.3 is 4.90 Å². The summed E-state index contributed by atoms with van der Waals surface area (Å²) in [4.78, 5) is 16.2. The number of likely N-dealkylation sites (tertiary alicyclic amines) is 1. The highest BCUT2D eigenvalue weighted by Crippen LogP contribution is 2.29. The molecule has 1 aromatic carbocycles. The Morgan fingerprint density at radius 1 is 1.05 bits per heavy atom. The molecule has 0 aliphatic carbocycles. The Bertz CT molecular complexity index is 612. The highest BCUT2D eigenvalue weighted by atomic mass is 32.1. The molecule has 0 spiro atoms. The van der Waals surface area contributed by atoms with Crippen molar-refractivity contribution in [3.63, 3.8) is 0 Å². The molecule has 1 fully saturated rings. The smallest absolute Gasteiger partial charge is 0.169 e. The van der Waals surface area contributed by atoms with Gasteiger partial charge in [0, 0.05) is 24.2 Å². The number of hydrogen-bond donors (Lipinski definition) is 0. The minimum atomic E-state index is -0.178. The van der Waals surface area contributed by atoms with Crippen LogP contribution >= 0.6 is 11.3 Å². The van der Waals surface area contributed by atoms with Gasteiger partial charge >= 0.3 is 0 Å².